The van der Waals surface area contributed by atoms with Crippen molar-refractivity contribution in [3.8, 4) is 0 Å². The van der Waals surface area contributed by atoms with Gasteiger partial charge in [-0.1, -0.05) is 0 Å². The topological polar surface area (TPSA) is 17.1 Å². The summed E-state index contributed by atoms with van der Waals surface area (Å²) in [6, 6.07) is 0. The standard InChI is InChI=1S/Li.Mn.O.Sn.H/q+1;;;;-1. The minimum atomic E-state index is 0. The first-order chi connectivity index (χ1) is 1.00. The Balaban J connectivity index is -0.00000000167. The molecule has 0 amide bonds. The molecular formula is HLiMnOSn. The van der Waals surface area contributed by atoms with Gasteiger partial charge in [0.25, 0.3) is 0 Å². The second kappa shape index (κ2) is 22.1. The van der Waals surface area contributed by atoms with E-state index in [0.29, 0.717) is 22.5 Å². The summed E-state index contributed by atoms with van der Waals surface area (Å²) in [4.78, 5) is 0. The molecule has 0 aliphatic carbocycles. The molecule has 0 aromatic rings. The molecule has 0 N–H and O–H groups in total. The molecule has 0 bridgehead atoms. The van der Waals surface area contributed by atoms with Crippen LogP contribution in [0.2, 0.25) is 0 Å². The van der Waals surface area contributed by atoms with E-state index in [-0.39, 0.29) is 37.4 Å². The molecule has 0 rings (SSSR count). The maximum atomic E-state index is 8.34. The molecule has 0 aliphatic heterocycles. The summed E-state index contributed by atoms with van der Waals surface area (Å²) in [5.41, 5.74) is 0. The Hall–Kier alpha value is 1.72. The summed E-state index contributed by atoms with van der Waals surface area (Å²) in [6.07, 6.45) is 0. The van der Waals surface area contributed by atoms with Crippen molar-refractivity contribution in [2.45, 2.75) is 0 Å². The molecule has 0 spiro atoms. The van der Waals surface area contributed by atoms with Gasteiger partial charge in [0.15, 0.2) is 0 Å². The van der Waals surface area contributed by atoms with E-state index in [9.17, 15) is 0 Å². The molecule has 0 saturated carbocycles. The Kier molecular flexibility index (Phi) is 95.3. The van der Waals surface area contributed by atoms with E-state index in [0.717, 1.165) is 0 Å². The average Bonchev–Trinajstić information content (AvgIpc) is 1.00. The van der Waals surface area contributed by atoms with Gasteiger partial charge in [-0.25, -0.2) is 0 Å². The van der Waals surface area contributed by atoms with E-state index >= 15 is 0 Å². The van der Waals surface area contributed by atoms with Crippen LogP contribution in [0.25, 0.3) is 0 Å². The normalized spacial score (nSPS) is 1.00. The van der Waals surface area contributed by atoms with Crippen molar-refractivity contribution in [2.75, 3.05) is 0 Å². The molecular weight excluding hydrogens is 197 g/mol. The monoisotopic (exact) mass is 199 g/mol. The Morgan fingerprint density at radius 3 is 1.50 bits per heavy atom. The Bertz CT molecular complexity index is 11.6. The van der Waals surface area contributed by atoms with Crippen LogP contribution < -0.4 is 18.9 Å². The third-order valence-corrected chi connectivity index (χ3v) is 0. The van der Waals surface area contributed by atoms with Crippen LogP contribution in [0.1, 0.15) is 1.43 Å². The Labute approximate surface area is 62.5 Å². The van der Waals surface area contributed by atoms with E-state index in [1.807, 2.05) is 0 Å². The van der Waals surface area contributed by atoms with Gasteiger partial charge >= 0.3 is 44.4 Å². The van der Waals surface area contributed by atoms with E-state index in [4.69, 9.17) is 3.08 Å². The van der Waals surface area contributed by atoms with Gasteiger partial charge in [-0.05, 0) is 0 Å². The molecule has 0 fully saturated rings. The first-order valence-corrected chi connectivity index (χ1v) is 1.37. The van der Waals surface area contributed by atoms with Crippen LogP contribution >= 0.6 is 0 Å². The zero-order chi connectivity index (χ0) is 2.00. The zero-order valence-electron chi connectivity index (χ0n) is 3.29. The van der Waals surface area contributed by atoms with Gasteiger partial charge in [0.1, 0.15) is 0 Å². The van der Waals surface area contributed by atoms with Crippen LogP contribution in [0.15, 0.2) is 0 Å². The molecule has 3 radical (unpaired) electrons. The molecule has 0 atom stereocenters. The van der Waals surface area contributed by atoms with Gasteiger partial charge in [-0.2, -0.15) is 0 Å². The third-order valence-electron chi connectivity index (χ3n) is 0. The van der Waals surface area contributed by atoms with Crippen molar-refractivity contribution >= 4 is 22.5 Å². The summed E-state index contributed by atoms with van der Waals surface area (Å²) in [6.45, 7) is 0. The summed E-state index contributed by atoms with van der Waals surface area (Å²) in [7, 11) is 0. The second-order valence-electron chi connectivity index (χ2n) is 0. The summed E-state index contributed by atoms with van der Waals surface area (Å²) >= 11 is 0.300. The molecule has 0 aliphatic rings. The third kappa shape index (κ3) is 9.31. The molecule has 0 unspecified atom stereocenters. The second-order valence-corrected chi connectivity index (χ2v) is 0. The summed E-state index contributed by atoms with van der Waals surface area (Å²) < 4.78 is 8.34. The minimum absolute atomic E-state index is 0. The van der Waals surface area contributed by atoms with Gasteiger partial charge < -0.3 is 1.43 Å². The molecule has 0 aromatic carbocycles. The SMILES string of the molecule is [H-].[Li+].[Mn].[O]=[Sn]. The number of rotatable bonds is 0. The van der Waals surface area contributed by atoms with Crippen molar-refractivity contribution in [1.82, 2.24) is 0 Å². The van der Waals surface area contributed by atoms with Crippen LogP contribution in [0.3, 0.4) is 0 Å². The van der Waals surface area contributed by atoms with Crippen molar-refractivity contribution in [3.05, 3.63) is 0 Å². The number of hydrogen-bond donors (Lipinski definition) is 0. The quantitative estimate of drug-likeness (QED) is 0.371. The molecule has 19 valence electrons. The van der Waals surface area contributed by atoms with Crippen molar-refractivity contribution in [3.63, 3.8) is 0 Å². The van der Waals surface area contributed by atoms with Gasteiger partial charge in [0.2, 0.25) is 0 Å². The van der Waals surface area contributed by atoms with Crippen molar-refractivity contribution in [1.29, 1.82) is 0 Å². The predicted octanol–water partition coefficient (Wildman–Crippen LogP) is -3.39. The Morgan fingerprint density at radius 1 is 1.50 bits per heavy atom. The predicted molar refractivity (Wildman–Crippen MR) is 7.55 cm³/mol. The number of hydrogen-bond acceptors (Lipinski definition) is 1. The maximum absolute atomic E-state index is 8.34. The first kappa shape index (κ1) is 17.2. The van der Waals surface area contributed by atoms with E-state index in [1.165, 1.54) is 0 Å². The fourth-order valence-corrected chi connectivity index (χ4v) is 0. The van der Waals surface area contributed by atoms with Gasteiger partial charge in [0.05, 0.1) is 0 Å². The van der Waals surface area contributed by atoms with Crippen LogP contribution in [0.5, 0.6) is 0 Å². The van der Waals surface area contributed by atoms with Gasteiger partial charge in [0, 0.05) is 17.1 Å². The van der Waals surface area contributed by atoms with Crippen molar-refractivity contribution in [2.24, 2.45) is 0 Å². The molecule has 0 saturated heterocycles. The average molecular weight is 198 g/mol. The molecule has 4 heavy (non-hydrogen) atoms. The van der Waals surface area contributed by atoms with Gasteiger partial charge in [-0.15, -0.1) is 0 Å². The fourth-order valence-electron chi connectivity index (χ4n) is 0. The van der Waals surface area contributed by atoms with Crippen LogP contribution in [0, 0.1) is 0 Å². The summed E-state index contributed by atoms with van der Waals surface area (Å²) in [5.74, 6) is 0. The van der Waals surface area contributed by atoms with Gasteiger partial charge in [-0.3, -0.25) is 0 Å². The van der Waals surface area contributed by atoms with Crippen LogP contribution in [-0.2, 0) is 20.1 Å². The van der Waals surface area contributed by atoms with Crippen LogP contribution in [-0.4, -0.2) is 22.5 Å². The zero-order valence-corrected chi connectivity index (χ0v) is 6.32. The Morgan fingerprint density at radius 2 is 1.50 bits per heavy atom. The van der Waals surface area contributed by atoms with E-state index in [2.05, 4.69) is 0 Å². The van der Waals surface area contributed by atoms with E-state index < -0.39 is 0 Å². The molecule has 0 heterocycles. The van der Waals surface area contributed by atoms with Crippen LogP contribution in [0.4, 0.5) is 0 Å². The molecule has 1 nitrogen and oxygen atoms in total. The van der Waals surface area contributed by atoms with Crippen molar-refractivity contribution < 1.29 is 40.4 Å². The first-order valence-electron chi connectivity index (χ1n) is 0.204. The van der Waals surface area contributed by atoms with E-state index in [1.54, 1.807) is 0 Å². The molecule has 4 heteroatoms. The molecule has 0 aromatic heterocycles. The fraction of sp³-hybridized carbons (Fsp3) is 0. The summed E-state index contributed by atoms with van der Waals surface area (Å²) in [5, 5.41) is 0.